The van der Waals surface area contributed by atoms with Crippen molar-refractivity contribution in [3.63, 3.8) is 0 Å². The maximum absolute atomic E-state index is 12.5. The van der Waals surface area contributed by atoms with Gasteiger partial charge in [-0.05, 0) is 25.2 Å². The Morgan fingerprint density at radius 1 is 1.31 bits per heavy atom. The summed E-state index contributed by atoms with van der Waals surface area (Å²) in [4.78, 5) is 19.4. The lowest BCUT2D eigenvalue weighted by Crippen LogP contribution is -2.39. The summed E-state index contributed by atoms with van der Waals surface area (Å²) < 4.78 is 5.37. The Morgan fingerprint density at radius 3 is 2.85 bits per heavy atom. The molecule has 3 unspecified atom stereocenters. The third-order valence-corrected chi connectivity index (χ3v) is 6.26. The van der Waals surface area contributed by atoms with E-state index in [4.69, 9.17) is 4.74 Å². The fraction of sp³-hybridized carbons (Fsp3) is 0.765. The van der Waals surface area contributed by atoms with Crippen molar-refractivity contribution in [3.8, 4) is 0 Å². The van der Waals surface area contributed by atoms with Gasteiger partial charge in [0.05, 0.1) is 24.9 Å². The highest BCUT2D eigenvalue weighted by atomic mass is 35.5. The molecule has 2 aliphatic heterocycles. The first kappa shape index (κ1) is 21.9. The summed E-state index contributed by atoms with van der Waals surface area (Å²) in [6, 6.07) is 0.493. The molecule has 3 heterocycles. The SMILES string of the molecule is Cl.Cl.O=C(Nc1nc(CN2CCOCC2)cs1)C1CC2CCCCC2N1. The van der Waals surface area contributed by atoms with E-state index in [0.717, 1.165) is 50.1 Å². The highest BCUT2D eigenvalue weighted by Gasteiger charge is 2.38. The van der Waals surface area contributed by atoms with E-state index in [-0.39, 0.29) is 36.8 Å². The van der Waals surface area contributed by atoms with E-state index in [1.807, 2.05) is 5.38 Å². The van der Waals surface area contributed by atoms with Crippen LogP contribution >= 0.6 is 36.2 Å². The minimum absolute atomic E-state index is 0. The van der Waals surface area contributed by atoms with Crippen LogP contribution in [0, 0.1) is 5.92 Å². The summed E-state index contributed by atoms with van der Waals surface area (Å²) in [5, 5.41) is 9.31. The molecule has 1 aromatic rings. The molecule has 3 fully saturated rings. The lowest BCUT2D eigenvalue weighted by Gasteiger charge is -2.25. The summed E-state index contributed by atoms with van der Waals surface area (Å²) in [5.41, 5.74) is 1.03. The number of amides is 1. The Hall–Kier alpha value is -0.440. The van der Waals surface area contributed by atoms with Crippen molar-refractivity contribution in [1.82, 2.24) is 15.2 Å². The number of anilines is 1. The smallest absolute Gasteiger partial charge is 0.243 e. The molecule has 1 saturated carbocycles. The molecule has 0 radical (unpaired) electrons. The lowest BCUT2D eigenvalue weighted by molar-refractivity contribution is -0.117. The highest BCUT2D eigenvalue weighted by Crippen LogP contribution is 2.33. The quantitative estimate of drug-likeness (QED) is 0.780. The van der Waals surface area contributed by atoms with Gasteiger partial charge in [-0.25, -0.2) is 4.98 Å². The minimum atomic E-state index is -0.0512. The van der Waals surface area contributed by atoms with Gasteiger partial charge in [-0.15, -0.1) is 36.2 Å². The molecule has 0 aromatic carbocycles. The molecular weight excluding hydrogens is 395 g/mol. The van der Waals surface area contributed by atoms with E-state index >= 15 is 0 Å². The number of rotatable bonds is 4. The summed E-state index contributed by atoms with van der Waals surface area (Å²) in [6.07, 6.45) is 6.06. The Bertz CT molecular complexity index is 569. The number of ether oxygens (including phenoxy) is 1. The third kappa shape index (κ3) is 5.30. The predicted octanol–water partition coefficient (Wildman–Crippen LogP) is 2.68. The van der Waals surface area contributed by atoms with Gasteiger partial charge in [-0.1, -0.05) is 12.8 Å². The molecule has 6 nitrogen and oxygen atoms in total. The van der Waals surface area contributed by atoms with Crippen LogP contribution in [0.1, 0.15) is 37.8 Å². The molecule has 1 aliphatic carbocycles. The van der Waals surface area contributed by atoms with Crippen LogP contribution in [0.5, 0.6) is 0 Å². The number of halogens is 2. The number of nitrogens with zero attached hydrogens (tertiary/aromatic N) is 2. The van der Waals surface area contributed by atoms with Gasteiger partial charge in [0.1, 0.15) is 0 Å². The van der Waals surface area contributed by atoms with Gasteiger partial charge < -0.3 is 15.4 Å². The molecule has 3 atom stereocenters. The fourth-order valence-corrected chi connectivity index (χ4v) is 4.84. The summed E-state index contributed by atoms with van der Waals surface area (Å²) in [6.45, 7) is 4.33. The van der Waals surface area contributed by atoms with Gasteiger partial charge >= 0.3 is 0 Å². The first-order chi connectivity index (χ1) is 11.8. The van der Waals surface area contributed by atoms with Gasteiger partial charge in [-0.2, -0.15) is 0 Å². The van der Waals surface area contributed by atoms with Gasteiger partial charge in [0.15, 0.2) is 5.13 Å². The van der Waals surface area contributed by atoms with Crippen molar-refractivity contribution < 1.29 is 9.53 Å². The van der Waals surface area contributed by atoms with Gasteiger partial charge in [-0.3, -0.25) is 9.69 Å². The van der Waals surface area contributed by atoms with Crippen molar-refractivity contribution in [2.45, 2.75) is 50.7 Å². The van der Waals surface area contributed by atoms with Crippen molar-refractivity contribution >= 4 is 47.2 Å². The second-order valence-electron chi connectivity index (χ2n) is 7.13. The molecule has 2 N–H and O–H groups in total. The summed E-state index contributed by atoms with van der Waals surface area (Å²) in [7, 11) is 0. The van der Waals surface area contributed by atoms with Crippen molar-refractivity contribution in [2.75, 3.05) is 31.6 Å². The second kappa shape index (κ2) is 10.2. The van der Waals surface area contributed by atoms with E-state index in [9.17, 15) is 4.79 Å². The predicted molar refractivity (Wildman–Crippen MR) is 109 cm³/mol. The fourth-order valence-electron chi connectivity index (χ4n) is 4.14. The van der Waals surface area contributed by atoms with Crippen LogP contribution in [0.2, 0.25) is 0 Å². The van der Waals surface area contributed by atoms with E-state index in [1.54, 1.807) is 0 Å². The van der Waals surface area contributed by atoms with Crippen LogP contribution in [0.15, 0.2) is 5.38 Å². The van der Waals surface area contributed by atoms with Crippen LogP contribution in [0.25, 0.3) is 0 Å². The Kier molecular flexibility index (Phi) is 8.57. The molecule has 0 spiro atoms. The number of hydrogen-bond donors (Lipinski definition) is 2. The Morgan fingerprint density at radius 2 is 2.08 bits per heavy atom. The van der Waals surface area contributed by atoms with Crippen LogP contribution < -0.4 is 10.6 Å². The largest absolute Gasteiger partial charge is 0.379 e. The van der Waals surface area contributed by atoms with Crippen molar-refractivity contribution in [3.05, 3.63) is 11.1 Å². The minimum Gasteiger partial charge on any atom is -0.379 e. The third-order valence-electron chi connectivity index (χ3n) is 5.45. The molecule has 9 heteroatoms. The molecular formula is C17H28Cl2N4O2S. The number of morpholine rings is 1. The number of carbonyl (C=O) groups is 1. The average Bonchev–Trinajstić information content (AvgIpc) is 3.22. The standard InChI is InChI=1S/C17H26N4O2S.2ClH/c22-16(15-9-12-3-1-2-4-14(12)19-15)20-17-18-13(11-24-17)10-21-5-7-23-8-6-21;;/h11-12,14-15,19H,1-10H2,(H,18,20,22);2*1H. The lowest BCUT2D eigenvalue weighted by atomic mass is 9.85. The molecule has 4 rings (SSSR count). The Balaban J connectivity index is 0.00000121. The van der Waals surface area contributed by atoms with Crippen LogP contribution in [-0.4, -0.2) is 54.2 Å². The topological polar surface area (TPSA) is 66.5 Å². The zero-order chi connectivity index (χ0) is 16.4. The summed E-state index contributed by atoms with van der Waals surface area (Å²) in [5.74, 6) is 0.763. The van der Waals surface area contributed by atoms with Gasteiger partial charge in [0.2, 0.25) is 5.91 Å². The number of aromatic nitrogens is 1. The number of fused-ring (bicyclic) bond motifs is 1. The molecule has 0 bridgehead atoms. The first-order valence-electron chi connectivity index (χ1n) is 9.09. The first-order valence-corrected chi connectivity index (χ1v) is 9.97. The maximum atomic E-state index is 12.5. The summed E-state index contributed by atoms with van der Waals surface area (Å²) >= 11 is 1.52. The number of hydrogen-bond acceptors (Lipinski definition) is 6. The maximum Gasteiger partial charge on any atom is 0.243 e. The Labute approximate surface area is 171 Å². The van der Waals surface area contributed by atoms with E-state index in [1.165, 1.54) is 37.0 Å². The molecule has 1 amide bonds. The normalized spacial score (nSPS) is 28.5. The average molecular weight is 423 g/mol. The van der Waals surface area contributed by atoms with Crippen LogP contribution in [0.4, 0.5) is 5.13 Å². The molecule has 3 aliphatic rings. The zero-order valence-corrected chi connectivity index (χ0v) is 17.3. The zero-order valence-electron chi connectivity index (χ0n) is 14.8. The van der Waals surface area contributed by atoms with Crippen molar-refractivity contribution in [2.24, 2.45) is 5.92 Å². The molecule has 148 valence electrons. The monoisotopic (exact) mass is 422 g/mol. The number of nitrogens with one attached hydrogen (secondary N) is 2. The van der Waals surface area contributed by atoms with Gasteiger partial charge in [0, 0.05) is 31.1 Å². The van der Waals surface area contributed by atoms with E-state index in [0.29, 0.717) is 12.0 Å². The molecule has 26 heavy (non-hydrogen) atoms. The number of thiazole rings is 1. The van der Waals surface area contributed by atoms with Crippen LogP contribution in [0.3, 0.4) is 0 Å². The molecule has 1 aromatic heterocycles. The van der Waals surface area contributed by atoms with E-state index < -0.39 is 0 Å². The highest BCUT2D eigenvalue weighted by molar-refractivity contribution is 7.13. The number of carbonyl (C=O) groups excluding carboxylic acids is 1. The molecule has 2 saturated heterocycles. The van der Waals surface area contributed by atoms with Gasteiger partial charge in [0.25, 0.3) is 0 Å². The van der Waals surface area contributed by atoms with Crippen molar-refractivity contribution in [1.29, 1.82) is 0 Å². The van der Waals surface area contributed by atoms with Crippen LogP contribution in [-0.2, 0) is 16.1 Å². The second-order valence-corrected chi connectivity index (χ2v) is 7.99. The van der Waals surface area contributed by atoms with E-state index in [2.05, 4.69) is 20.5 Å².